The van der Waals surface area contributed by atoms with Crippen molar-refractivity contribution in [2.75, 3.05) is 19.5 Å². The molecular weight excluding hydrogens is 570 g/mol. The molecule has 0 bridgehead atoms. The third kappa shape index (κ3) is 5.39. The lowest BCUT2D eigenvalue weighted by atomic mass is 9.84. The van der Waals surface area contributed by atoms with E-state index in [9.17, 15) is 4.79 Å². The summed E-state index contributed by atoms with van der Waals surface area (Å²) >= 11 is 0. The first kappa shape index (κ1) is 29.0. The summed E-state index contributed by atoms with van der Waals surface area (Å²) in [4.78, 5) is 19.8. The van der Waals surface area contributed by atoms with Gasteiger partial charge in [-0.15, -0.1) is 0 Å². The molecule has 5 aromatic carbocycles. The minimum atomic E-state index is -0.125. The number of ether oxygens (including phenoxy) is 2. The van der Waals surface area contributed by atoms with Gasteiger partial charge in [0.2, 0.25) is 5.91 Å². The molecule has 3 N–H and O–H groups in total. The molecule has 0 unspecified atom stereocenters. The second-order valence-electron chi connectivity index (χ2n) is 11.5. The number of hydrogen-bond acceptors (Lipinski definition) is 3. The van der Waals surface area contributed by atoms with Crippen LogP contribution in [-0.4, -0.2) is 30.1 Å². The highest BCUT2D eigenvalue weighted by Crippen LogP contribution is 2.46. The molecule has 0 radical (unpaired) electrons. The SMILES string of the molecule is COc1ccc(NC(C)=O)c(Cc2[nH]c3ccc(OC)cc3c2-c2c(C(c3ccccc3)c3ccccc3)[nH]c3ccccc23)c1. The third-order valence-corrected chi connectivity index (χ3v) is 8.61. The molecule has 228 valence electrons. The lowest BCUT2D eigenvalue weighted by Crippen LogP contribution is -2.09. The minimum Gasteiger partial charge on any atom is -0.497 e. The van der Waals surface area contributed by atoms with Gasteiger partial charge < -0.3 is 24.8 Å². The fourth-order valence-electron chi connectivity index (χ4n) is 6.58. The first-order chi connectivity index (χ1) is 22.5. The highest BCUT2D eigenvalue weighted by molar-refractivity contribution is 6.08. The summed E-state index contributed by atoms with van der Waals surface area (Å²) in [6.07, 6.45) is 0.527. The maximum Gasteiger partial charge on any atom is 0.221 e. The number of fused-ring (bicyclic) bond motifs is 2. The van der Waals surface area contributed by atoms with Crippen molar-refractivity contribution in [2.45, 2.75) is 19.3 Å². The topological polar surface area (TPSA) is 79.1 Å². The lowest BCUT2D eigenvalue weighted by Gasteiger charge is -2.20. The zero-order valence-electron chi connectivity index (χ0n) is 26.1. The number of nitrogens with one attached hydrogen (secondary N) is 3. The summed E-state index contributed by atoms with van der Waals surface area (Å²) in [6, 6.07) is 41.7. The number of aromatic amines is 2. The second-order valence-corrected chi connectivity index (χ2v) is 11.5. The van der Waals surface area contributed by atoms with Gasteiger partial charge in [-0.3, -0.25) is 4.79 Å². The predicted molar refractivity (Wildman–Crippen MR) is 186 cm³/mol. The van der Waals surface area contributed by atoms with E-state index in [-0.39, 0.29) is 11.8 Å². The van der Waals surface area contributed by atoms with Crippen LogP contribution in [0.2, 0.25) is 0 Å². The van der Waals surface area contributed by atoms with Gasteiger partial charge in [-0.25, -0.2) is 0 Å². The summed E-state index contributed by atoms with van der Waals surface area (Å²) in [7, 11) is 3.35. The molecule has 0 saturated carbocycles. The highest BCUT2D eigenvalue weighted by Gasteiger charge is 2.28. The maximum absolute atomic E-state index is 12.2. The summed E-state index contributed by atoms with van der Waals surface area (Å²) in [5, 5.41) is 5.21. The van der Waals surface area contributed by atoms with Crippen LogP contribution < -0.4 is 14.8 Å². The molecule has 2 heterocycles. The Bertz CT molecular complexity index is 2120. The van der Waals surface area contributed by atoms with E-state index in [0.717, 1.165) is 67.1 Å². The molecule has 7 aromatic rings. The number of methoxy groups -OCH3 is 2. The number of hydrogen-bond donors (Lipinski definition) is 3. The molecule has 7 rings (SSSR count). The predicted octanol–water partition coefficient (Wildman–Crippen LogP) is 9.06. The van der Waals surface area contributed by atoms with Gasteiger partial charge in [0.25, 0.3) is 0 Å². The van der Waals surface area contributed by atoms with Crippen LogP contribution >= 0.6 is 0 Å². The van der Waals surface area contributed by atoms with Gasteiger partial charge in [-0.2, -0.15) is 0 Å². The smallest absolute Gasteiger partial charge is 0.221 e. The monoisotopic (exact) mass is 605 g/mol. The second kappa shape index (κ2) is 12.3. The first-order valence-corrected chi connectivity index (χ1v) is 15.4. The number of rotatable bonds is 9. The fraction of sp³-hybridized carbons (Fsp3) is 0.125. The zero-order chi connectivity index (χ0) is 31.6. The van der Waals surface area contributed by atoms with Crippen LogP contribution in [-0.2, 0) is 11.2 Å². The van der Waals surface area contributed by atoms with E-state index >= 15 is 0 Å². The lowest BCUT2D eigenvalue weighted by molar-refractivity contribution is -0.114. The van der Waals surface area contributed by atoms with Gasteiger partial charge in [-0.1, -0.05) is 78.9 Å². The van der Waals surface area contributed by atoms with E-state index in [0.29, 0.717) is 6.42 Å². The Morgan fingerprint density at radius 3 is 1.96 bits per heavy atom. The molecule has 0 spiro atoms. The summed E-state index contributed by atoms with van der Waals surface area (Å²) in [5.74, 6) is 1.33. The molecular formula is C40H35N3O3. The van der Waals surface area contributed by atoms with Crippen molar-refractivity contribution in [1.29, 1.82) is 0 Å². The van der Waals surface area contributed by atoms with E-state index in [4.69, 9.17) is 9.47 Å². The third-order valence-electron chi connectivity index (χ3n) is 8.61. The fourth-order valence-corrected chi connectivity index (χ4v) is 6.58. The normalized spacial score (nSPS) is 11.3. The molecule has 0 atom stereocenters. The van der Waals surface area contributed by atoms with Crippen molar-refractivity contribution >= 4 is 33.4 Å². The van der Waals surface area contributed by atoms with Crippen LogP contribution in [0.4, 0.5) is 5.69 Å². The van der Waals surface area contributed by atoms with Crippen LogP contribution in [0.1, 0.15) is 40.9 Å². The Morgan fingerprint density at radius 1 is 0.674 bits per heavy atom. The van der Waals surface area contributed by atoms with E-state index in [1.165, 1.54) is 18.1 Å². The molecule has 6 heteroatoms. The van der Waals surface area contributed by atoms with Crippen LogP contribution in [0.25, 0.3) is 32.9 Å². The molecule has 2 aromatic heterocycles. The Balaban J connectivity index is 1.54. The molecule has 0 saturated heterocycles. The number of carbonyl (C=O) groups excluding carboxylic acids is 1. The number of aromatic nitrogens is 2. The molecule has 1 amide bonds. The van der Waals surface area contributed by atoms with E-state index in [1.807, 2.05) is 24.3 Å². The molecule has 0 aliphatic carbocycles. The minimum absolute atomic E-state index is 0.0556. The first-order valence-electron chi connectivity index (χ1n) is 15.4. The number of benzene rings is 5. The summed E-state index contributed by atoms with van der Waals surface area (Å²) in [5.41, 5.74) is 10.5. The average molecular weight is 606 g/mol. The standard InChI is InChI=1S/C40H35N3O3/c1-25(44)41-33-20-18-29(45-2)22-28(33)23-36-38(32-24-30(46-3)19-21-35(32)42-36)39-31-16-10-11-17-34(31)43-40(39)37(26-12-6-4-7-13-26)27-14-8-5-9-15-27/h4-22,24,37,42-43H,23H2,1-3H3,(H,41,44). The van der Waals surface area contributed by atoms with E-state index in [2.05, 4.69) is 112 Å². The number of carbonyl (C=O) groups is 1. The van der Waals surface area contributed by atoms with Crippen molar-refractivity contribution in [1.82, 2.24) is 9.97 Å². The van der Waals surface area contributed by atoms with Gasteiger partial charge >= 0.3 is 0 Å². The summed E-state index contributed by atoms with van der Waals surface area (Å²) in [6.45, 7) is 1.53. The van der Waals surface area contributed by atoms with Crippen molar-refractivity contribution in [3.63, 3.8) is 0 Å². The average Bonchev–Trinajstić information content (AvgIpc) is 3.63. The largest absolute Gasteiger partial charge is 0.497 e. The number of amides is 1. The Hall–Kier alpha value is -5.75. The summed E-state index contributed by atoms with van der Waals surface area (Å²) < 4.78 is 11.3. The highest BCUT2D eigenvalue weighted by atomic mass is 16.5. The number of anilines is 1. The van der Waals surface area contributed by atoms with Crippen molar-refractivity contribution in [3.05, 3.63) is 149 Å². The van der Waals surface area contributed by atoms with Gasteiger partial charge in [0, 0.05) is 69.3 Å². The van der Waals surface area contributed by atoms with Gasteiger partial charge in [-0.05, 0) is 59.2 Å². The van der Waals surface area contributed by atoms with E-state index < -0.39 is 0 Å². The Kier molecular flexibility index (Phi) is 7.77. The Labute approximate surface area is 268 Å². The van der Waals surface area contributed by atoms with Crippen molar-refractivity contribution in [2.24, 2.45) is 0 Å². The molecule has 46 heavy (non-hydrogen) atoms. The molecule has 6 nitrogen and oxygen atoms in total. The number of para-hydroxylation sites is 1. The molecule has 0 aliphatic rings. The van der Waals surface area contributed by atoms with Crippen LogP contribution in [0.3, 0.4) is 0 Å². The Morgan fingerprint density at radius 2 is 1.28 bits per heavy atom. The van der Waals surface area contributed by atoms with Gasteiger partial charge in [0.15, 0.2) is 0 Å². The molecule has 0 fully saturated rings. The van der Waals surface area contributed by atoms with Gasteiger partial charge in [0.1, 0.15) is 11.5 Å². The van der Waals surface area contributed by atoms with Crippen molar-refractivity contribution in [3.8, 4) is 22.6 Å². The van der Waals surface area contributed by atoms with Crippen LogP contribution in [0.5, 0.6) is 11.5 Å². The molecule has 0 aliphatic heterocycles. The van der Waals surface area contributed by atoms with Crippen molar-refractivity contribution < 1.29 is 14.3 Å². The van der Waals surface area contributed by atoms with E-state index in [1.54, 1.807) is 14.2 Å². The number of H-pyrrole nitrogens is 2. The zero-order valence-corrected chi connectivity index (χ0v) is 26.1. The van der Waals surface area contributed by atoms with Crippen LogP contribution in [0.15, 0.2) is 121 Å². The maximum atomic E-state index is 12.2. The van der Waals surface area contributed by atoms with Crippen LogP contribution in [0, 0.1) is 0 Å². The van der Waals surface area contributed by atoms with Gasteiger partial charge in [0.05, 0.1) is 14.2 Å². The quantitative estimate of drug-likeness (QED) is 0.154.